The number of primary amides is 1. The van der Waals surface area contributed by atoms with Gasteiger partial charge in [0.15, 0.2) is 0 Å². The summed E-state index contributed by atoms with van der Waals surface area (Å²) in [5, 5.41) is 0.497. The van der Waals surface area contributed by atoms with E-state index in [0.717, 1.165) is 64.3 Å². The van der Waals surface area contributed by atoms with Gasteiger partial charge in [0.25, 0.3) is 5.88 Å². The average molecular weight is 587 g/mol. The molecule has 42 heavy (non-hydrogen) atoms. The van der Waals surface area contributed by atoms with Gasteiger partial charge in [0.2, 0.25) is 0 Å². The number of piperidine rings is 1. The lowest BCUT2D eigenvalue weighted by Gasteiger charge is -2.33. The molecular formula is C32H35ClN6O3. The second-order valence-corrected chi connectivity index (χ2v) is 11.0. The van der Waals surface area contributed by atoms with Gasteiger partial charge in [-0.2, -0.15) is 0 Å². The molecule has 0 radical (unpaired) electrons. The zero-order valence-electron chi connectivity index (χ0n) is 24.4. The summed E-state index contributed by atoms with van der Waals surface area (Å²) in [6.45, 7) is 11.5. The van der Waals surface area contributed by atoms with Gasteiger partial charge in [-0.3, -0.25) is 4.79 Å². The Morgan fingerprint density at radius 1 is 1.17 bits per heavy atom. The molecule has 1 aliphatic rings. The van der Waals surface area contributed by atoms with Gasteiger partial charge < -0.3 is 24.5 Å². The van der Waals surface area contributed by atoms with Crippen molar-refractivity contribution in [3.05, 3.63) is 87.3 Å². The zero-order chi connectivity index (χ0) is 30.1. The number of nitrogens with two attached hydrogens (primary N) is 1. The van der Waals surface area contributed by atoms with Gasteiger partial charge in [-0.15, -0.1) is 0 Å². The second-order valence-electron chi connectivity index (χ2n) is 10.6. The molecule has 4 aromatic rings. The number of halogens is 1. The van der Waals surface area contributed by atoms with Crippen molar-refractivity contribution in [2.24, 2.45) is 12.8 Å². The third kappa shape index (κ3) is 5.44. The van der Waals surface area contributed by atoms with Gasteiger partial charge in [0.1, 0.15) is 11.6 Å². The topological polar surface area (TPSA) is 108 Å². The van der Waals surface area contributed by atoms with Crippen LogP contribution in [-0.4, -0.2) is 43.1 Å². The van der Waals surface area contributed by atoms with Gasteiger partial charge in [-0.25, -0.2) is 14.8 Å². The van der Waals surface area contributed by atoms with Gasteiger partial charge in [0, 0.05) is 55.8 Å². The molecular weight excluding hydrogens is 552 g/mol. The Balaban J connectivity index is 1.57. The summed E-state index contributed by atoms with van der Waals surface area (Å²) in [5.41, 5.74) is 12.2. The van der Waals surface area contributed by atoms with Crippen LogP contribution >= 0.6 is 11.6 Å². The third-order valence-electron chi connectivity index (χ3n) is 7.97. The monoisotopic (exact) mass is 586 g/mol. The molecule has 2 amide bonds. The number of ether oxygens (including phenoxy) is 1. The highest BCUT2D eigenvalue weighted by Gasteiger charge is 2.28. The van der Waals surface area contributed by atoms with Crippen molar-refractivity contribution in [1.82, 2.24) is 24.0 Å². The Morgan fingerprint density at radius 3 is 2.55 bits per heavy atom. The van der Waals surface area contributed by atoms with E-state index in [0.29, 0.717) is 23.9 Å². The molecule has 0 atom stereocenters. The first-order chi connectivity index (χ1) is 20.1. The molecule has 10 heteroatoms. The number of carbonyl (C=O) groups excluding carboxylic acids is 1. The van der Waals surface area contributed by atoms with Crippen LogP contribution in [0, 0.1) is 13.8 Å². The maximum atomic E-state index is 12.4. The molecule has 0 aliphatic carbocycles. The van der Waals surface area contributed by atoms with E-state index >= 15 is 0 Å². The van der Waals surface area contributed by atoms with Crippen LogP contribution < -0.4 is 16.0 Å². The molecule has 2 N–H and O–H groups in total. The number of likely N-dealkylation sites (tertiary alicyclic amines) is 1. The van der Waals surface area contributed by atoms with Crippen LogP contribution in [-0.2, 0) is 13.5 Å². The van der Waals surface area contributed by atoms with Crippen LogP contribution in [0.1, 0.15) is 48.5 Å². The lowest BCUT2D eigenvalue weighted by Crippen LogP contribution is -2.42. The minimum absolute atomic E-state index is 0.0158. The number of hydrogen-bond donors (Lipinski definition) is 1. The second kappa shape index (κ2) is 11.9. The molecule has 1 fully saturated rings. The number of urea groups is 1. The van der Waals surface area contributed by atoms with Crippen molar-refractivity contribution in [1.29, 1.82) is 0 Å². The molecule has 0 saturated carbocycles. The van der Waals surface area contributed by atoms with E-state index in [2.05, 4.69) is 42.1 Å². The molecule has 0 unspecified atom stereocenters. The van der Waals surface area contributed by atoms with Crippen LogP contribution in [0.15, 0.2) is 54.1 Å². The van der Waals surface area contributed by atoms with Crippen molar-refractivity contribution < 1.29 is 9.53 Å². The van der Waals surface area contributed by atoms with E-state index in [4.69, 9.17) is 27.1 Å². The molecule has 0 spiro atoms. The summed E-state index contributed by atoms with van der Waals surface area (Å²) in [6.07, 6.45) is 7.27. The maximum Gasteiger partial charge on any atom is 0.314 e. The summed E-state index contributed by atoms with van der Waals surface area (Å²) in [6, 6.07) is 9.60. The van der Waals surface area contributed by atoms with Crippen LogP contribution in [0.2, 0.25) is 5.02 Å². The molecule has 2 aromatic heterocycles. The number of aryl methyl sites for hydroxylation is 4. The predicted octanol–water partition coefficient (Wildman–Crippen LogP) is 6.29. The number of nitrogens with zero attached hydrogens (tertiary/aromatic N) is 5. The lowest BCUT2D eigenvalue weighted by molar-refractivity contribution is 0.180. The number of rotatable bonds is 7. The van der Waals surface area contributed by atoms with Gasteiger partial charge in [0.05, 0.1) is 16.4 Å². The van der Waals surface area contributed by atoms with Crippen molar-refractivity contribution in [2.75, 3.05) is 13.1 Å². The number of imidazole rings is 1. The van der Waals surface area contributed by atoms with Crippen molar-refractivity contribution in [3.8, 4) is 34.0 Å². The van der Waals surface area contributed by atoms with Crippen molar-refractivity contribution >= 4 is 23.7 Å². The minimum Gasteiger partial charge on any atom is -0.435 e. The molecule has 218 valence electrons. The minimum atomic E-state index is -0.380. The smallest absolute Gasteiger partial charge is 0.314 e. The largest absolute Gasteiger partial charge is 0.435 e. The molecule has 2 aromatic carbocycles. The predicted molar refractivity (Wildman–Crippen MR) is 166 cm³/mol. The standard InChI is InChI=1S/C32H35ClN6O3/c1-6-21-16-19(3)25(29-28(7-2)36-20(4)39(29)22-10-13-38(14-11-22)32(34)41)18-26(21)24-9-8-23(17-27(24)33)42-30-31(40)37(5)15-12-35-30/h7-9,12,15-18,22H,2,6,10-11,13-14H2,1,3-5H3,(H2,34,41). The fourth-order valence-electron chi connectivity index (χ4n) is 5.77. The summed E-state index contributed by atoms with van der Waals surface area (Å²) in [7, 11) is 1.64. The van der Waals surface area contributed by atoms with E-state index in [1.165, 1.54) is 10.8 Å². The number of amides is 2. The fourth-order valence-corrected chi connectivity index (χ4v) is 6.04. The number of benzene rings is 2. The zero-order valence-corrected chi connectivity index (χ0v) is 25.1. The first kappa shape index (κ1) is 29.1. The van der Waals surface area contributed by atoms with E-state index in [9.17, 15) is 9.59 Å². The SMILES string of the molecule is C=Cc1nc(C)n(C2CCN(C(N)=O)CC2)c1-c1cc(-c2ccc(Oc3nccn(C)c3=O)cc2Cl)c(CC)cc1C. The number of hydrogen-bond acceptors (Lipinski definition) is 5. The molecule has 0 bridgehead atoms. The normalized spacial score (nSPS) is 13.8. The molecule has 1 saturated heterocycles. The van der Waals surface area contributed by atoms with E-state index < -0.39 is 0 Å². The Hall–Kier alpha value is -4.37. The summed E-state index contributed by atoms with van der Waals surface area (Å²) in [5.74, 6) is 1.31. The van der Waals surface area contributed by atoms with Crippen LogP contribution in [0.25, 0.3) is 28.5 Å². The Kier molecular flexibility index (Phi) is 8.22. The first-order valence-corrected chi connectivity index (χ1v) is 14.4. The maximum absolute atomic E-state index is 12.4. The van der Waals surface area contributed by atoms with Crippen LogP contribution in [0.5, 0.6) is 11.6 Å². The fraction of sp³-hybridized carbons (Fsp3) is 0.312. The van der Waals surface area contributed by atoms with Crippen LogP contribution in [0.3, 0.4) is 0 Å². The van der Waals surface area contributed by atoms with Crippen molar-refractivity contribution in [3.63, 3.8) is 0 Å². The van der Waals surface area contributed by atoms with E-state index in [1.807, 2.05) is 13.0 Å². The Morgan fingerprint density at radius 2 is 1.90 bits per heavy atom. The molecule has 9 nitrogen and oxygen atoms in total. The van der Waals surface area contributed by atoms with Gasteiger partial charge in [-0.05, 0) is 74.1 Å². The van der Waals surface area contributed by atoms with E-state index in [-0.39, 0.29) is 23.5 Å². The van der Waals surface area contributed by atoms with Crippen LogP contribution in [0.4, 0.5) is 4.79 Å². The highest BCUT2D eigenvalue weighted by atomic mass is 35.5. The Bertz CT molecular complexity index is 1730. The van der Waals surface area contributed by atoms with Gasteiger partial charge in [-0.1, -0.05) is 31.2 Å². The van der Waals surface area contributed by atoms with Crippen molar-refractivity contribution in [2.45, 2.75) is 46.1 Å². The summed E-state index contributed by atoms with van der Waals surface area (Å²) < 4.78 is 9.48. The highest BCUT2D eigenvalue weighted by molar-refractivity contribution is 6.33. The summed E-state index contributed by atoms with van der Waals surface area (Å²) >= 11 is 6.86. The molecule has 3 heterocycles. The average Bonchev–Trinajstić information content (AvgIpc) is 3.31. The first-order valence-electron chi connectivity index (χ1n) is 14.0. The van der Waals surface area contributed by atoms with E-state index in [1.54, 1.807) is 36.4 Å². The Labute approximate surface area is 250 Å². The molecule has 1 aliphatic heterocycles. The number of aromatic nitrogens is 4. The molecule has 5 rings (SSSR count). The van der Waals surface area contributed by atoms with Gasteiger partial charge >= 0.3 is 11.6 Å². The number of carbonyl (C=O) groups is 1. The quantitative estimate of drug-likeness (QED) is 0.274. The third-order valence-corrected chi connectivity index (χ3v) is 8.28. The lowest BCUT2D eigenvalue weighted by atomic mass is 9.90. The summed E-state index contributed by atoms with van der Waals surface area (Å²) in [4.78, 5) is 34.7. The highest BCUT2D eigenvalue weighted by Crippen LogP contribution is 2.41.